The Labute approximate surface area is 125 Å². The van der Waals surface area contributed by atoms with Crippen LogP contribution in [0.15, 0.2) is 22.7 Å². The largest absolute Gasteiger partial charge is 0.371 e. The van der Waals surface area contributed by atoms with E-state index in [0.717, 1.165) is 10.4 Å². The Bertz CT molecular complexity index is 406. The van der Waals surface area contributed by atoms with Gasteiger partial charge in [-0.3, -0.25) is 0 Å². The molecule has 3 heteroatoms. The van der Waals surface area contributed by atoms with Crippen LogP contribution < -0.4 is 10.6 Å². The Balaban J connectivity index is 2.07. The van der Waals surface area contributed by atoms with Gasteiger partial charge in [0.15, 0.2) is 0 Å². The third-order valence-corrected chi connectivity index (χ3v) is 4.55. The van der Waals surface area contributed by atoms with Crippen LogP contribution in [0.5, 0.6) is 0 Å². The van der Waals surface area contributed by atoms with E-state index < -0.39 is 0 Å². The van der Waals surface area contributed by atoms with Gasteiger partial charge in [0.1, 0.15) is 0 Å². The molecule has 1 fully saturated rings. The smallest absolute Gasteiger partial charge is 0.0380 e. The molecule has 1 saturated heterocycles. The number of hydrogen-bond acceptors (Lipinski definition) is 2. The van der Waals surface area contributed by atoms with Gasteiger partial charge in [0, 0.05) is 29.8 Å². The van der Waals surface area contributed by atoms with E-state index >= 15 is 0 Å². The van der Waals surface area contributed by atoms with Gasteiger partial charge in [-0.25, -0.2) is 0 Å². The Morgan fingerprint density at radius 3 is 2.84 bits per heavy atom. The minimum Gasteiger partial charge on any atom is -0.371 e. The fourth-order valence-corrected chi connectivity index (χ4v) is 3.58. The molecule has 0 aliphatic carbocycles. The number of nitrogens with two attached hydrogens (primary N) is 1. The first kappa shape index (κ1) is 14.9. The van der Waals surface area contributed by atoms with E-state index in [4.69, 9.17) is 5.73 Å². The molecule has 106 valence electrons. The van der Waals surface area contributed by atoms with E-state index in [1.54, 1.807) is 0 Å². The van der Waals surface area contributed by atoms with Crippen molar-refractivity contribution in [3.63, 3.8) is 0 Å². The van der Waals surface area contributed by atoms with Crippen molar-refractivity contribution >= 4 is 21.6 Å². The number of anilines is 1. The molecule has 0 aromatic heterocycles. The molecule has 0 bridgehead atoms. The zero-order valence-corrected chi connectivity index (χ0v) is 13.5. The lowest BCUT2D eigenvalue weighted by Gasteiger charge is -2.24. The van der Waals surface area contributed by atoms with Crippen LogP contribution in [0.2, 0.25) is 0 Å². The van der Waals surface area contributed by atoms with Crippen LogP contribution in [0, 0.1) is 5.92 Å². The van der Waals surface area contributed by atoms with Gasteiger partial charge in [-0.15, -0.1) is 0 Å². The first-order chi connectivity index (χ1) is 9.22. The summed E-state index contributed by atoms with van der Waals surface area (Å²) in [5, 5.41) is 0. The van der Waals surface area contributed by atoms with Crippen LogP contribution in [0.4, 0.5) is 5.69 Å². The molecule has 1 atom stereocenters. The molecule has 1 aromatic rings. The lowest BCUT2D eigenvalue weighted by atomic mass is 9.96. The average molecular weight is 325 g/mol. The molecule has 0 spiro atoms. The van der Waals surface area contributed by atoms with Gasteiger partial charge >= 0.3 is 0 Å². The number of hydrogen-bond donors (Lipinski definition) is 1. The Morgan fingerprint density at radius 1 is 1.26 bits per heavy atom. The number of rotatable bonds is 4. The normalized spacial score (nSPS) is 20.4. The van der Waals surface area contributed by atoms with Gasteiger partial charge in [0.25, 0.3) is 0 Å². The second-order valence-electron chi connectivity index (χ2n) is 5.59. The van der Waals surface area contributed by atoms with Gasteiger partial charge in [-0.1, -0.05) is 35.7 Å². The molecular weight excluding hydrogens is 300 g/mol. The first-order valence-electron chi connectivity index (χ1n) is 7.47. The van der Waals surface area contributed by atoms with Gasteiger partial charge in [0.2, 0.25) is 0 Å². The first-order valence-corrected chi connectivity index (χ1v) is 8.26. The molecule has 0 amide bonds. The zero-order valence-electron chi connectivity index (χ0n) is 11.9. The monoisotopic (exact) mass is 324 g/mol. The number of benzene rings is 1. The Hall–Kier alpha value is -0.540. The minimum atomic E-state index is 0.610. The fourth-order valence-electron chi connectivity index (χ4n) is 3.05. The molecule has 0 saturated carbocycles. The predicted molar refractivity (Wildman–Crippen MR) is 86.5 cm³/mol. The average Bonchev–Trinajstić information content (AvgIpc) is 2.64. The number of nitrogens with zero attached hydrogens (tertiary/aromatic N) is 1. The summed E-state index contributed by atoms with van der Waals surface area (Å²) in [6, 6.07) is 6.57. The molecule has 2 rings (SSSR count). The Kier molecular flexibility index (Phi) is 5.71. The van der Waals surface area contributed by atoms with E-state index in [9.17, 15) is 0 Å². The highest BCUT2D eigenvalue weighted by atomic mass is 79.9. The van der Waals surface area contributed by atoms with Crippen molar-refractivity contribution in [1.29, 1.82) is 0 Å². The summed E-state index contributed by atoms with van der Waals surface area (Å²) < 4.78 is 1.14. The second-order valence-corrected chi connectivity index (χ2v) is 6.51. The van der Waals surface area contributed by atoms with Crippen molar-refractivity contribution in [2.45, 2.75) is 45.6 Å². The SMILES string of the molecule is CCCC1CCCN(c2cc(Br)cc(CN)c2)CC1. The second kappa shape index (κ2) is 7.30. The van der Waals surface area contributed by atoms with Crippen LogP contribution in [-0.2, 0) is 6.54 Å². The Morgan fingerprint density at radius 2 is 2.11 bits per heavy atom. The summed E-state index contributed by atoms with van der Waals surface area (Å²) >= 11 is 3.59. The summed E-state index contributed by atoms with van der Waals surface area (Å²) in [5.74, 6) is 0.927. The third-order valence-electron chi connectivity index (χ3n) is 4.09. The highest BCUT2D eigenvalue weighted by Crippen LogP contribution is 2.28. The van der Waals surface area contributed by atoms with Crippen molar-refractivity contribution in [3.05, 3.63) is 28.2 Å². The van der Waals surface area contributed by atoms with E-state index in [2.05, 4.69) is 46.0 Å². The maximum Gasteiger partial charge on any atom is 0.0380 e. The quantitative estimate of drug-likeness (QED) is 0.893. The van der Waals surface area contributed by atoms with Crippen molar-refractivity contribution < 1.29 is 0 Å². The highest BCUT2D eigenvalue weighted by Gasteiger charge is 2.17. The van der Waals surface area contributed by atoms with Crippen LogP contribution in [-0.4, -0.2) is 13.1 Å². The molecule has 1 unspecified atom stereocenters. The van der Waals surface area contributed by atoms with Crippen LogP contribution in [0.25, 0.3) is 0 Å². The van der Waals surface area contributed by atoms with Crippen LogP contribution in [0.1, 0.15) is 44.6 Å². The standard InChI is InChI=1S/C16H25BrN2/c1-2-4-13-5-3-7-19(8-6-13)16-10-14(12-18)9-15(17)11-16/h9-11,13H,2-8,12,18H2,1H3. The van der Waals surface area contributed by atoms with Crippen LogP contribution in [0.3, 0.4) is 0 Å². The van der Waals surface area contributed by atoms with Gasteiger partial charge < -0.3 is 10.6 Å². The molecule has 19 heavy (non-hydrogen) atoms. The van der Waals surface area contributed by atoms with Crippen molar-refractivity contribution in [2.75, 3.05) is 18.0 Å². The zero-order chi connectivity index (χ0) is 13.7. The molecule has 1 aliphatic heterocycles. The van der Waals surface area contributed by atoms with Crippen molar-refractivity contribution in [1.82, 2.24) is 0 Å². The summed E-state index contributed by atoms with van der Waals surface area (Å²) in [4.78, 5) is 2.53. The summed E-state index contributed by atoms with van der Waals surface area (Å²) in [5.41, 5.74) is 8.30. The maximum absolute atomic E-state index is 5.77. The molecule has 1 heterocycles. The third kappa shape index (κ3) is 4.22. The van der Waals surface area contributed by atoms with E-state index in [0.29, 0.717) is 6.54 Å². The lowest BCUT2D eigenvalue weighted by molar-refractivity contribution is 0.435. The van der Waals surface area contributed by atoms with Crippen molar-refractivity contribution in [2.24, 2.45) is 11.7 Å². The highest BCUT2D eigenvalue weighted by molar-refractivity contribution is 9.10. The molecule has 1 aliphatic rings. The van der Waals surface area contributed by atoms with E-state index in [-0.39, 0.29) is 0 Å². The van der Waals surface area contributed by atoms with Gasteiger partial charge in [0.05, 0.1) is 0 Å². The fraction of sp³-hybridized carbons (Fsp3) is 0.625. The summed E-state index contributed by atoms with van der Waals surface area (Å²) in [7, 11) is 0. The summed E-state index contributed by atoms with van der Waals surface area (Å²) in [6.07, 6.45) is 6.74. The maximum atomic E-state index is 5.77. The summed E-state index contributed by atoms with van der Waals surface area (Å²) in [6.45, 7) is 5.27. The molecule has 1 aromatic carbocycles. The molecule has 2 N–H and O–H groups in total. The van der Waals surface area contributed by atoms with E-state index in [1.807, 2.05) is 0 Å². The van der Waals surface area contributed by atoms with Gasteiger partial charge in [-0.05, 0) is 48.9 Å². The molecular formula is C16H25BrN2. The van der Waals surface area contributed by atoms with Gasteiger partial charge in [-0.2, -0.15) is 0 Å². The predicted octanol–water partition coefficient (Wildman–Crippen LogP) is 4.31. The lowest BCUT2D eigenvalue weighted by Crippen LogP contribution is -2.24. The van der Waals surface area contributed by atoms with Crippen LogP contribution >= 0.6 is 15.9 Å². The topological polar surface area (TPSA) is 29.3 Å². The molecule has 0 radical (unpaired) electrons. The minimum absolute atomic E-state index is 0.610. The van der Waals surface area contributed by atoms with E-state index in [1.165, 1.54) is 56.4 Å². The van der Waals surface area contributed by atoms with Crippen molar-refractivity contribution in [3.8, 4) is 0 Å². The molecule has 2 nitrogen and oxygen atoms in total. The number of halogens is 1.